The number of fused-ring (bicyclic) bond motifs is 1. The number of hydrogen-bond donors (Lipinski definition) is 0. The highest BCUT2D eigenvalue weighted by Crippen LogP contribution is 2.24. The summed E-state index contributed by atoms with van der Waals surface area (Å²) < 4.78 is 0. The van der Waals surface area contributed by atoms with Crippen molar-refractivity contribution in [3.05, 3.63) is 29.9 Å². The van der Waals surface area contributed by atoms with Crippen LogP contribution in [0.25, 0.3) is 5.57 Å². The Labute approximate surface area is 84.0 Å². The molecule has 0 atom stereocenters. The molecule has 0 aliphatic heterocycles. The Morgan fingerprint density at radius 3 is 3.23 bits per heavy atom. The average molecular weight is 240 g/mol. The van der Waals surface area contributed by atoms with Crippen molar-refractivity contribution in [3.63, 3.8) is 0 Å². The van der Waals surface area contributed by atoms with E-state index in [2.05, 4.69) is 25.9 Å². The number of rotatable bonds is 1. The minimum atomic E-state index is 0.0914. The molecule has 0 radical (unpaired) electrons. The molecule has 0 unspecified atom stereocenters. The first-order valence-corrected chi connectivity index (χ1v) is 5.09. The van der Waals surface area contributed by atoms with Crippen LogP contribution in [0.2, 0.25) is 0 Å². The minimum Gasteiger partial charge on any atom is -0.290 e. The molecule has 0 aromatic carbocycles. The second kappa shape index (κ2) is 3.38. The van der Waals surface area contributed by atoms with Crippen molar-refractivity contribution in [3.8, 4) is 0 Å². The molecule has 0 saturated carbocycles. The van der Waals surface area contributed by atoms with Crippen LogP contribution in [-0.4, -0.2) is 16.1 Å². The van der Waals surface area contributed by atoms with Gasteiger partial charge in [0.2, 0.25) is 11.5 Å². The molecule has 13 heavy (non-hydrogen) atoms. The summed E-state index contributed by atoms with van der Waals surface area (Å²) >= 11 is 3.38. The molecule has 66 valence electrons. The van der Waals surface area contributed by atoms with E-state index in [9.17, 15) is 4.79 Å². The molecule has 1 aromatic heterocycles. The Bertz CT molecular complexity index is 387. The monoisotopic (exact) mass is 239 g/mol. The molecular formula is C9H8BrN2O+. The number of allylic oxidation sites excluding steroid dienone is 2. The van der Waals surface area contributed by atoms with E-state index in [4.69, 9.17) is 0 Å². The molecule has 4 heteroatoms. The van der Waals surface area contributed by atoms with Gasteiger partial charge in [0.25, 0.3) is 6.33 Å². The summed E-state index contributed by atoms with van der Waals surface area (Å²) in [7, 11) is 0. The molecule has 0 saturated heterocycles. The number of Topliss-reactive ketones (excluding diaryl/α,β-unsaturated/α-hetero) is 1. The van der Waals surface area contributed by atoms with Crippen molar-refractivity contribution in [2.75, 3.05) is 5.33 Å². The summed E-state index contributed by atoms with van der Waals surface area (Å²) in [6, 6.07) is 0. The molecule has 1 heterocycles. The quantitative estimate of drug-likeness (QED) is 0.693. The maximum Gasteiger partial charge on any atom is 0.284 e. The summed E-state index contributed by atoms with van der Waals surface area (Å²) in [5.41, 5.74) is 2.62. The van der Waals surface area contributed by atoms with Gasteiger partial charge in [0.05, 0.1) is 11.8 Å². The first-order chi connectivity index (χ1) is 6.33. The molecule has 1 N–H and O–H groups in total. The van der Waals surface area contributed by atoms with Crippen molar-refractivity contribution in [2.24, 2.45) is 0 Å². The second-order valence-electron chi connectivity index (χ2n) is 2.82. The van der Waals surface area contributed by atoms with Crippen molar-refractivity contribution in [1.82, 2.24) is 4.98 Å². The standard InChI is InChI=1S/C9H7BrN2O/c10-3-6-1-2-8(13)9-7(6)4-11-5-12-9/h1,4-5H,2-3H2/p+1. The smallest absolute Gasteiger partial charge is 0.284 e. The second-order valence-corrected chi connectivity index (χ2v) is 3.38. The van der Waals surface area contributed by atoms with Crippen LogP contribution < -0.4 is 4.98 Å². The van der Waals surface area contributed by atoms with Gasteiger partial charge in [-0.25, -0.2) is 4.98 Å². The third-order valence-corrected chi connectivity index (χ3v) is 2.64. The number of carbonyl (C=O) groups is 1. The molecule has 1 aliphatic rings. The highest BCUT2D eigenvalue weighted by atomic mass is 79.9. The fourth-order valence-corrected chi connectivity index (χ4v) is 1.91. The SMILES string of the molecule is O=C1CC=C(CBr)c2c[nH+]cnc21. The topological polar surface area (TPSA) is 44.1 Å². The largest absolute Gasteiger partial charge is 0.290 e. The zero-order chi connectivity index (χ0) is 9.26. The lowest BCUT2D eigenvalue weighted by Crippen LogP contribution is -2.16. The van der Waals surface area contributed by atoms with Gasteiger partial charge in [-0.3, -0.25) is 4.79 Å². The molecule has 1 aliphatic carbocycles. The predicted molar refractivity (Wildman–Crippen MR) is 51.5 cm³/mol. The Kier molecular flexibility index (Phi) is 2.22. The van der Waals surface area contributed by atoms with E-state index in [0.717, 1.165) is 16.5 Å². The summed E-state index contributed by atoms with van der Waals surface area (Å²) in [5, 5.41) is 0.757. The van der Waals surface area contributed by atoms with Crippen LogP contribution in [0.5, 0.6) is 0 Å². The number of aromatic amines is 1. The van der Waals surface area contributed by atoms with Crippen LogP contribution in [0.4, 0.5) is 0 Å². The number of carbonyl (C=O) groups excluding carboxylic acids is 1. The third kappa shape index (κ3) is 1.42. The molecule has 2 rings (SSSR count). The minimum absolute atomic E-state index is 0.0914. The summed E-state index contributed by atoms with van der Waals surface area (Å²) in [6.07, 6.45) is 5.75. The van der Waals surface area contributed by atoms with E-state index in [1.165, 1.54) is 6.33 Å². The highest BCUT2D eigenvalue weighted by Gasteiger charge is 2.24. The lowest BCUT2D eigenvalue weighted by Gasteiger charge is -2.08. The van der Waals surface area contributed by atoms with Crippen molar-refractivity contribution in [2.45, 2.75) is 6.42 Å². The van der Waals surface area contributed by atoms with Crippen LogP contribution in [-0.2, 0) is 0 Å². The number of halogens is 1. The van der Waals surface area contributed by atoms with Crippen LogP contribution in [0.1, 0.15) is 22.5 Å². The van der Waals surface area contributed by atoms with Gasteiger partial charge < -0.3 is 0 Å². The fourth-order valence-electron chi connectivity index (χ4n) is 1.38. The van der Waals surface area contributed by atoms with Crippen molar-refractivity contribution >= 4 is 27.3 Å². The van der Waals surface area contributed by atoms with Crippen molar-refractivity contribution < 1.29 is 9.78 Å². The number of nitrogens with one attached hydrogen (secondary N) is 1. The van der Waals surface area contributed by atoms with Gasteiger partial charge in [-0.05, 0) is 10.6 Å². The van der Waals surface area contributed by atoms with E-state index in [0.29, 0.717) is 12.1 Å². The van der Waals surface area contributed by atoms with Gasteiger partial charge in [-0.15, -0.1) is 0 Å². The molecular weight excluding hydrogens is 232 g/mol. The highest BCUT2D eigenvalue weighted by molar-refractivity contribution is 9.09. The summed E-state index contributed by atoms with van der Waals surface area (Å²) in [4.78, 5) is 18.3. The lowest BCUT2D eigenvalue weighted by molar-refractivity contribution is -0.383. The fraction of sp³-hybridized carbons (Fsp3) is 0.222. The molecule has 0 fully saturated rings. The molecule has 1 aromatic rings. The average Bonchev–Trinajstić information content (AvgIpc) is 2.19. The summed E-state index contributed by atoms with van der Waals surface area (Å²) in [5.74, 6) is 0.0914. The van der Waals surface area contributed by atoms with E-state index in [1.54, 1.807) is 0 Å². The number of hydrogen-bond acceptors (Lipinski definition) is 2. The third-order valence-electron chi connectivity index (χ3n) is 2.04. The predicted octanol–water partition coefficient (Wildman–Crippen LogP) is 1.26. The van der Waals surface area contributed by atoms with Crippen LogP contribution in [0.15, 0.2) is 18.6 Å². The van der Waals surface area contributed by atoms with Gasteiger partial charge >= 0.3 is 0 Å². The molecule has 0 spiro atoms. The first-order valence-electron chi connectivity index (χ1n) is 3.97. The number of ketones is 1. The van der Waals surface area contributed by atoms with E-state index < -0.39 is 0 Å². The first kappa shape index (κ1) is 8.56. The van der Waals surface area contributed by atoms with Crippen molar-refractivity contribution in [1.29, 1.82) is 0 Å². The number of H-pyrrole nitrogens is 1. The Morgan fingerprint density at radius 2 is 2.46 bits per heavy atom. The Hall–Kier alpha value is -1.03. The van der Waals surface area contributed by atoms with E-state index in [-0.39, 0.29) is 5.78 Å². The number of aromatic nitrogens is 2. The number of nitrogens with zero attached hydrogens (tertiary/aromatic N) is 1. The van der Waals surface area contributed by atoms with Gasteiger partial charge in [-0.1, -0.05) is 22.0 Å². The maximum absolute atomic E-state index is 11.4. The molecule has 0 amide bonds. The van der Waals surface area contributed by atoms with E-state index in [1.807, 2.05) is 12.3 Å². The summed E-state index contributed by atoms with van der Waals surface area (Å²) in [6.45, 7) is 0. The van der Waals surface area contributed by atoms with Gasteiger partial charge in [-0.2, -0.15) is 0 Å². The Balaban J connectivity index is 2.58. The van der Waals surface area contributed by atoms with Crippen LogP contribution in [0, 0.1) is 0 Å². The normalized spacial score (nSPS) is 15.2. The zero-order valence-corrected chi connectivity index (χ0v) is 8.47. The van der Waals surface area contributed by atoms with E-state index >= 15 is 0 Å². The zero-order valence-electron chi connectivity index (χ0n) is 6.88. The lowest BCUT2D eigenvalue weighted by atomic mass is 9.97. The van der Waals surface area contributed by atoms with Crippen LogP contribution >= 0.6 is 15.9 Å². The maximum atomic E-state index is 11.4. The molecule has 0 bridgehead atoms. The van der Waals surface area contributed by atoms with Gasteiger partial charge in [0, 0.05) is 11.8 Å². The van der Waals surface area contributed by atoms with Crippen LogP contribution in [0.3, 0.4) is 0 Å². The molecule has 3 nitrogen and oxygen atoms in total. The Morgan fingerprint density at radius 1 is 1.62 bits per heavy atom. The van der Waals surface area contributed by atoms with Gasteiger partial charge in [0.15, 0.2) is 0 Å². The number of alkyl halides is 1. The van der Waals surface area contributed by atoms with Gasteiger partial charge in [0.1, 0.15) is 0 Å².